The summed E-state index contributed by atoms with van der Waals surface area (Å²) in [5.41, 5.74) is 1.13. The first-order chi connectivity index (χ1) is 15.6. The number of carbonyl (C=O) groups is 2. The van der Waals surface area contributed by atoms with Crippen LogP contribution in [0.15, 0.2) is 48.5 Å². The lowest BCUT2D eigenvalue weighted by atomic mass is 10.2. The largest absolute Gasteiger partial charge is 0.486 e. The predicted octanol–water partition coefficient (Wildman–Crippen LogP) is 3.93. The molecule has 1 unspecified atom stereocenters. The Hall–Kier alpha value is -3.01. The fourth-order valence-corrected chi connectivity index (χ4v) is 3.95. The van der Waals surface area contributed by atoms with Gasteiger partial charge in [-0.3, -0.25) is 9.59 Å². The van der Waals surface area contributed by atoms with E-state index in [9.17, 15) is 9.59 Å². The summed E-state index contributed by atoms with van der Waals surface area (Å²) in [7, 11) is 0. The Morgan fingerprint density at radius 1 is 1.16 bits per heavy atom. The van der Waals surface area contributed by atoms with Crippen molar-refractivity contribution in [1.29, 1.82) is 0 Å². The molecule has 8 nitrogen and oxygen atoms in total. The predicted molar refractivity (Wildman–Crippen MR) is 121 cm³/mol. The second-order valence-corrected chi connectivity index (χ2v) is 8.62. The highest BCUT2D eigenvalue weighted by atomic mass is 35.5. The van der Waals surface area contributed by atoms with Gasteiger partial charge in [0, 0.05) is 29.4 Å². The molecule has 0 saturated carbocycles. The average Bonchev–Trinajstić information content (AvgIpc) is 3.49. The number of anilines is 1. The molecule has 1 aromatic heterocycles. The SMILES string of the molecule is O=C(NCC1CCCO1)c1ccc(OCc2nnc(C(=O)Nc3cccc(Cl)c3)s2)cc1. The van der Waals surface area contributed by atoms with E-state index in [1.807, 2.05) is 0 Å². The molecular formula is C22H21ClN4O4S. The van der Waals surface area contributed by atoms with Gasteiger partial charge in [0.15, 0.2) is 5.01 Å². The molecule has 1 aliphatic heterocycles. The minimum Gasteiger partial charge on any atom is -0.486 e. The third-order valence-electron chi connectivity index (χ3n) is 4.74. The first-order valence-electron chi connectivity index (χ1n) is 10.1. The average molecular weight is 473 g/mol. The Morgan fingerprint density at radius 2 is 2.00 bits per heavy atom. The normalized spacial score (nSPS) is 15.3. The van der Waals surface area contributed by atoms with Crippen molar-refractivity contribution in [2.45, 2.75) is 25.6 Å². The number of carbonyl (C=O) groups excluding carboxylic acids is 2. The van der Waals surface area contributed by atoms with Crippen LogP contribution in [0.1, 0.15) is 38.0 Å². The zero-order valence-electron chi connectivity index (χ0n) is 17.0. The van der Waals surface area contributed by atoms with Crippen LogP contribution >= 0.6 is 22.9 Å². The summed E-state index contributed by atoms with van der Waals surface area (Å²) in [5.74, 6) is 0.0710. The lowest BCUT2D eigenvalue weighted by molar-refractivity contribution is 0.0857. The molecule has 166 valence electrons. The van der Waals surface area contributed by atoms with E-state index in [1.165, 1.54) is 0 Å². The van der Waals surface area contributed by atoms with Crippen molar-refractivity contribution in [3.05, 3.63) is 69.1 Å². The van der Waals surface area contributed by atoms with E-state index < -0.39 is 0 Å². The van der Waals surface area contributed by atoms with Crippen LogP contribution in [0.3, 0.4) is 0 Å². The highest BCUT2D eigenvalue weighted by Crippen LogP contribution is 2.19. The Labute approximate surface area is 193 Å². The van der Waals surface area contributed by atoms with E-state index in [-0.39, 0.29) is 29.5 Å². The Bertz CT molecular complexity index is 1080. The minimum atomic E-state index is -0.366. The third-order valence-corrected chi connectivity index (χ3v) is 5.87. The van der Waals surface area contributed by atoms with Crippen LogP contribution < -0.4 is 15.4 Å². The van der Waals surface area contributed by atoms with Gasteiger partial charge in [0.2, 0.25) is 5.01 Å². The number of hydrogen-bond acceptors (Lipinski definition) is 7. The van der Waals surface area contributed by atoms with Gasteiger partial charge in [-0.25, -0.2) is 0 Å². The molecule has 2 amide bonds. The summed E-state index contributed by atoms with van der Waals surface area (Å²) in [6, 6.07) is 13.7. The van der Waals surface area contributed by atoms with Crippen molar-refractivity contribution < 1.29 is 19.1 Å². The monoisotopic (exact) mass is 472 g/mol. The molecule has 32 heavy (non-hydrogen) atoms. The molecule has 1 fully saturated rings. The van der Waals surface area contributed by atoms with E-state index in [1.54, 1.807) is 48.5 Å². The number of nitrogens with one attached hydrogen (secondary N) is 2. The van der Waals surface area contributed by atoms with Crippen molar-refractivity contribution >= 4 is 40.4 Å². The molecule has 10 heteroatoms. The van der Waals surface area contributed by atoms with E-state index in [0.29, 0.717) is 33.6 Å². The summed E-state index contributed by atoms with van der Waals surface area (Å²) in [5, 5.41) is 14.8. The molecule has 2 N–H and O–H groups in total. The molecule has 3 aromatic rings. The molecule has 0 bridgehead atoms. The van der Waals surface area contributed by atoms with Crippen LogP contribution in [0.5, 0.6) is 5.75 Å². The summed E-state index contributed by atoms with van der Waals surface area (Å²) in [6.45, 7) is 1.43. The van der Waals surface area contributed by atoms with Crippen LogP contribution in [0.4, 0.5) is 5.69 Å². The number of hydrogen-bond donors (Lipinski definition) is 2. The van der Waals surface area contributed by atoms with Gasteiger partial charge in [-0.1, -0.05) is 29.0 Å². The van der Waals surface area contributed by atoms with Gasteiger partial charge in [-0.15, -0.1) is 10.2 Å². The molecule has 2 heterocycles. The highest BCUT2D eigenvalue weighted by Gasteiger charge is 2.17. The molecule has 1 saturated heterocycles. The summed E-state index contributed by atoms with van der Waals surface area (Å²) < 4.78 is 11.2. The number of ether oxygens (including phenoxy) is 2. The fourth-order valence-electron chi connectivity index (χ4n) is 3.12. The highest BCUT2D eigenvalue weighted by molar-refractivity contribution is 7.13. The number of halogens is 1. The van der Waals surface area contributed by atoms with Crippen molar-refractivity contribution in [3.63, 3.8) is 0 Å². The lowest BCUT2D eigenvalue weighted by Crippen LogP contribution is -2.31. The van der Waals surface area contributed by atoms with Crippen LogP contribution in [0, 0.1) is 0 Å². The van der Waals surface area contributed by atoms with Gasteiger partial charge in [-0.2, -0.15) is 0 Å². The first kappa shape index (κ1) is 22.2. The summed E-state index contributed by atoms with van der Waals surface area (Å²) >= 11 is 7.07. The minimum absolute atomic E-state index is 0.103. The maximum Gasteiger partial charge on any atom is 0.286 e. The molecule has 0 spiro atoms. The zero-order valence-corrected chi connectivity index (χ0v) is 18.6. The topological polar surface area (TPSA) is 102 Å². The number of amides is 2. The van der Waals surface area contributed by atoms with E-state index in [2.05, 4.69) is 20.8 Å². The van der Waals surface area contributed by atoms with Gasteiger partial charge >= 0.3 is 0 Å². The molecular weight excluding hydrogens is 452 g/mol. The second-order valence-electron chi connectivity index (χ2n) is 7.12. The maximum atomic E-state index is 12.3. The van der Waals surface area contributed by atoms with Gasteiger partial charge in [0.05, 0.1) is 6.10 Å². The van der Waals surface area contributed by atoms with Crippen molar-refractivity contribution in [2.24, 2.45) is 0 Å². The van der Waals surface area contributed by atoms with E-state index in [4.69, 9.17) is 21.1 Å². The van der Waals surface area contributed by atoms with Crippen LogP contribution in [0.25, 0.3) is 0 Å². The van der Waals surface area contributed by atoms with Crippen molar-refractivity contribution in [2.75, 3.05) is 18.5 Å². The molecule has 0 aliphatic carbocycles. The molecule has 1 aliphatic rings. The number of benzene rings is 2. The Morgan fingerprint density at radius 3 is 2.75 bits per heavy atom. The van der Waals surface area contributed by atoms with Gasteiger partial charge in [0.1, 0.15) is 12.4 Å². The van der Waals surface area contributed by atoms with E-state index in [0.717, 1.165) is 30.8 Å². The molecule has 4 rings (SSSR count). The van der Waals surface area contributed by atoms with Crippen LogP contribution in [-0.2, 0) is 11.3 Å². The smallest absolute Gasteiger partial charge is 0.286 e. The molecule has 0 radical (unpaired) electrons. The van der Waals surface area contributed by atoms with Gasteiger partial charge < -0.3 is 20.1 Å². The summed E-state index contributed by atoms with van der Waals surface area (Å²) in [4.78, 5) is 24.6. The molecule has 1 atom stereocenters. The standard InChI is InChI=1S/C22H21ClN4O4S/c23-15-3-1-4-16(11-15)25-21(29)22-27-26-19(32-22)13-31-17-8-6-14(7-9-17)20(28)24-12-18-5-2-10-30-18/h1,3-4,6-9,11,18H,2,5,10,12-13H2,(H,24,28)(H,25,29). The Kier molecular flexibility index (Phi) is 7.31. The quantitative estimate of drug-likeness (QED) is 0.515. The summed E-state index contributed by atoms with van der Waals surface area (Å²) in [6.07, 6.45) is 2.11. The third kappa shape index (κ3) is 6.03. The van der Waals surface area contributed by atoms with Crippen molar-refractivity contribution in [3.8, 4) is 5.75 Å². The second kappa shape index (κ2) is 10.5. The number of aromatic nitrogens is 2. The van der Waals surface area contributed by atoms with Crippen LogP contribution in [-0.4, -0.2) is 41.3 Å². The van der Waals surface area contributed by atoms with Crippen molar-refractivity contribution in [1.82, 2.24) is 15.5 Å². The van der Waals surface area contributed by atoms with Gasteiger partial charge in [0.25, 0.3) is 11.8 Å². The maximum absolute atomic E-state index is 12.3. The lowest BCUT2D eigenvalue weighted by Gasteiger charge is -2.11. The zero-order chi connectivity index (χ0) is 22.3. The van der Waals surface area contributed by atoms with E-state index >= 15 is 0 Å². The van der Waals surface area contributed by atoms with Gasteiger partial charge in [-0.05, 0) is 55.3 Å². The van der Waals surface area contributed by atoms with Crippen LogP contribution in [0.2, 0.25) is 5.02 Å². The fraction of sp³-hybridized carbons (Fsp3) is 0.273. The Balaban J connectivity index is 1.26. The first-order valence-corrected chi connectivity index (χ1v) is 11.3. The molecule has 2 aromatic carbocycles. The number of rotatable bonds is 8. The number of nitrogens with zero attached hydrogens (tertiary/aromatic N) is 2.